The lowest BCUT2D eigenvalue weighted by molar-refractivity contribution is -0.140. The van der Waals surface area contributed by atoms with Crippen molar-refractivity contribution < 1.29 is 22.7 Å². The highest BCUT2D eigenvalue weighted by atomic mass is 79.9. The van der Waals surface area contributed by atoms with E-state index in [1.807, 2.05) is 43.3 Å². The normalized spacial score (nSPS) is 13.9. The Hall–Kier alpha value is -3.86. The van der Waals surface area contributed by atoms with Gasteiger partial charge >= 0.3 is 0 Å². The van der Waals surface area contributed by atoms with Crippen LogP contribution in [0.25, 0.3) is 0 Å². The number of benzene rings is 4. The van der Waals surface area contributed by atoms with Crippen LogP contribution in [0.15, 0.2) is 106 Å². The summed E-state index contributed by atoms with van der Waals surface area (Å²) in [6.45, 7) is 1.35. The fourth-order valence-electron chi connectivity index (χ4n) is 5.91. The van der Waals surface area contributed by atoms with Gasteiger partial charge in [-0.25, -0.2) is 8.42 Å². The van der Waals surface area contributed by atoms with Crippen LogP contribution in [0, 0.1) is 6.92 Å². The molecule has 0 bridgehead atoms. The Morgan fingerprint density at radius 3 is 2.27 bits per heavy atom. The van der Waals surface area contributed by atoms with Crippen molar-refractivity contribution in [1.82, 2.24) is 10.2 Å². The van der Waals surface area contributed by atoms with E-state index in [2.05, 4.69) is 21.2 Å². The van der Waals surface area contributed by atoms with Crippen LogP contribution >= 0.6 is 27.5 Å². The van der Waals surface area contributed by atoms with Crippen LogP contribution in [0.3, 0.4) is 0 Å². The number of hydrogen-bond donors (Lipinski definition) is 1. The molecule has 0 unspecified atom stereocenters. The summed E-state index contributed by atoms with van der Waals surface area (Å²) in [6, 6.07) is 27.1. The third-order valence-corrected chi connectivity index (χ3v) is 11.3. The number of carbonyl (C=O) groups is 2. The summed E-state index contributed by atoms with van der Waals surface area (Å²) in [5.41, 5.74) is 2.75. The van der Waals surface area contributed by atoms with E-state index in [1.54, 1.807) is 48.5 Å². The van der Waals surface area contributed by atoms with Gasteiger partial charge in [-0.1, -0.05) is 90.7 Å². The van der Waals surface area contributed by atoms with E-state index in [1.165, 1.54) is 24.1 Å². The molecule has 4 aromatic rings. The average Bonchev–Trinajstić information content (AvgIpc) is 3.59. The Balaban J connectivity index is 1.58. The summed E-state index contributed by atoms with van der Waals surface area (Å²) in [4.78, 5) is 30.3. The third kappa shape index (κ3) is 8.59. The van der Waals surface area contributed by atoms with Gasteiger partial charge in [0.1, 0.15) is 18.3 Å². The second-order valence-electron chi connectivity index (χ2n) is 12.0. The van der Waals surface area contributed by atoms with Crippen molar-refractivity contribution in [2.75, 3.05) is 18.0 Å². The number of amides is 2. The number of methoxy groups -OCH3 is 1. The van der Waals surface area contributed by atoms with Gasteiger partial charge in [0.15, 0.2) is 0 Å². The summed E-state index contributed by atoms with van der Waals surface area (Å²) in [5, 5.41) is 3.63. The molecule has 1 N–H and O–H groups in total. The van der Waals surface area contributed by atoms with E-state index in [4.69, 9.17) is 16.3 Å². The van der Waals surface area contributed by atoms with E-state index in [0.29, 0.717) is 26.5 Å². The molecule has 0 aromatic heterocycles. The van der Waals surface area contributed by atoms with Gasteiger partial charge in [0.2, 0.25) is 11.8 Å². The topological polar surface area (TPSA) is 96.0 Å². The van der Waals surface area contributed by atoms with Gasteiger partial charge in [0.25, 0.3) is 10.0 Å². The fourth-order valence-corrected chi connectivity index (χ4v) is 8.23. The highest BCUT2D eigenvalue weighted by molar-refractivity contribution is 9.10. The molecule has 252 valence electrons. The Morgan fingerprint density at radius 2 is 1.62 bits per heavy atom. The van der Waals surface area contributed by atoms with Crippen molar-refractivity contribution in [3.05, 3.63) is 123 Å². The van der Waals surface area contributed by atoms with E-state index >= 15 is 0 Å². The van der Waals surface area contributed by atoms with E-state index < -0.39 is 28.5 Å². The van der Waals surface area contributed by atoms with Crippen molar-refractivity contribution in [1.29, 1.82) is 0 Å². The molecule has 2 amide bonds. The molecule has 1 saturated carbocycles. The van der Waals surface area contributed by atoms with Gasteiger partial charge in [-0.05, 0) is 83.2 Å². The smallest absolute Gasteiger partial charge is 0.264 e. The minimum Gasteiger partial charge on any atom is -0.496 e. The van der Waals surface area contributed by atoms with Crippen molar-refractivity contribution in [3.8, 4) is 5.75 Å². The predicted molar refractivity (Wildman–Crippen MR) is 193 cm³/mol. The van der Waals surface area contributed by atoms with Crippen molar-refractivity contribution >= 4 is 55.1 Å². The molecule has 1 aliphatic carbocycles. The Kier molecular flexibility index (Phi) is 11.8. The molecular weight excluding hydrogens is 714 g/mol. The van der Waals surface area contributed by atoms with Crippen LogP contribution in [-0.4, -0.2) is 50.9 Å². The Labute approximate surface area is 296 Å². The van der Waals surface area contributed by atoms with Crippen LogP contribution in [0.4, 0.5) is 5.69 Å². The summed E-state index contributed by atoms with van der Waals surface area (Å²) in [5.74, 6) is -0.362. The lowest BCUT2D eigenvalue weighted by Crippen LogP contribution is -2.54. The highest BCUT2D eigenvalue weighted by Crippen LogP contribution is 2.31. The number of carbonyl (C=O) groups excluding carboxylic acids is 2. The van der Waals surface area contributed by atoms with Crippen molar-refractivity contribution in [2.45, 2.75) is 62.6 Å². The molecule has 0 spiro atoms. The lowest BCUT2D eigenvalue weighted by Gasteiger charge is -2.34. The van der Waals surface area contributed by atoms with Crippen molar-refractivity contribution in [2.24, 2.45) is 0 Å². The molecule has 0 radical (unpaired) electrons. The summed E-state index contributed by atoms with van der Waals surface area (Å²) in [6.07, 6.45) is 4.04. The number of nitrogens with one attached hydrogen (secondary N) is 1. The van der Waals surface area contributed by atoms with Gasteiger partial charge in [-0.15, -0.1) is 0 Å². The molecule has 48 heavy (non-hydrogen) atoms. The summed E-state index contributed by atoms with van der Waals surface area (Å²) >= 11 is 10.00. The van der Waals surface area contributed by atoms with Gasteiger partial charge < -0.3 is 15.0 Å². The Bertz CT molecular complexity index is 1830. The van der Waals surface area contributed by atoms with Crippen molar-refractivity contribution in [3.63, 3.8) is 0 Å². The molecule has 0 aliphatic heterocycles. The van der Waals surface area contributed by atoms with E-state index in [0.717, 1.165) is 41.1 Å². The Morgan fingerprint density at radius 1 is 0.958 bits per heavy atom. The molecule has 4 aromatic carbocycles. The number of anilines is 1. The fraction of sp³-hybridized carbons (Fsp3) is 0.297. The first kappa shape index (κ1) is 35.4. The number of halogens is 2. The van der Waals surface area contributed by atoms with Gasteiger partial charge in [0, 0.05) is 24.0 Å². The first-order valence-electron chi connectivity index (χ1n) is 15.9. The van der Waals surface area contributed by atoms with Crippen LogP contribution < -0.4 is 14.4 Å². The first-order valence-corrected chi connectivity index (χ1v) is 18.5. The molecule has 5 rings (SSSR count). The predicted octanol–water partition coefficient (Wildman–Crippen LogP) is 7.31. The largest absolute Gasteiger partial charge is 0.496 e. The molecular formula is C37H39BrClN3O5S. The third-order valence-electron chi connectivity index (χ3n) is 8.58. The van der Waals surface area contributed by atoms with Crippen LogP contribution in [-0.2, 0) is 32.6 Å². The molecule has 0 heterocycles. The second-order valence-corrected chi connectivity index (χ2v) is 15.1. The molecule has 1 atom stereocenters. The minimum atomic E-state index is -4.27. The average molecular weight is 753 g/mol. The second kappa shape index (κ2) is 16.0. The van der Waals surface area contributed by atoms with Crippen LogP contribution in [0.1, 0.15) is 42.4 Å². The van der Waals surface area contributed by atoms with Crippen LogP contribution in [0.2, 0.25) is 5.02 Å². The molecule has 0 saturated heterocycles. The van der Waals surface area contributed by atoms with Crippen LogP contribution in [0.5, 0.6) is 5.75 Å². The maximum absolute atomic E-state index is 14.7. The number of nitrogens with zero attached hydrogens (tertiary/aromatic N) is 2. The monoisotopic (exact) mass is 751 g/mol. The zero-order valence-electron chi connectivity index (χ0n) is 26.9. The molecule has 1 fully saturated rings. The minimum absolute atomic E-state index is 0.00393. The van der Waals surface area contributed by atoms with Gasteiger partial charge in [0.05, 0.1) is 22.2 Å². The zero-order chi connectivity index (χ0) is 34.3. The molecule has 8 nitrogen and oxygen atoms in total. The zero-order valence-corrected chi connectivity index (χ0v) is 30.1. The SMILES string of the molecule is COc1ccc(S(=O)(=O)N(CC(=O)N(Cc2ccccc2Cl)[C@H](Cc2ccccc2)C(=O)NC2CCCC2)c2ccc(C)cc2)cc1Br. The number of rotatable bonds is 13. The summed E-state index contributed by atoms with van der Waals surface area (Å²) in [7, 11) is -2.78. The number of ether oxygens (including phenoxy) is 1. The lowest BCUT2D eigenvalue weighted by atomic mass is 10.0. The number of hydrogen-bond acceptors (Lipinski definition) is 5. The van der Waals surface area contributed by atoms with Gasteiger partial charge in [-0.3, -0.25) is 13.9 Å². The number of aryl methyl sites for hydroxylation is 1. The maximum Gasteiger partial charge on any atom is 0.264 e. The van der Waals surface area contributed by atoms with E-state index in [9.17, 15) is 18.0 Å². The quantitative estimate of drug-likeness (QED) is 0.155. The first-order chi connectivity index (χ1) is 23.1. The highest BCUT2D eigenvalue weighted by Gasteiger charge is 2.36. The molecule has 1 aliphatic rings. The van der Waals surface area contributed by atoms with E-state index in [-0.39, 0.29) is 29.8 Å². The molecule has 11 heteroatoms. The maximum atomic E-state index is 14.7. The standard InChI is InChI=1S/C37H39BrClN3O5S/c1-26-16-18-30(19-17-26)42(48(45,46)31-20-21-35(47-2)32(38)23-31)25-36(43)41(24-28-12-6-9-15-33(28)39)34(22-27-10-4-3-5-11-27)37(44)40-29-13-7-8-14-29/h3-6,9-12,15-21,23,29,34H,7-8,13-14,22,24-25H2,1-2H3,(H,40,44)/t34-/m1/s1. The van der Waals surface area contributed by atoms with Gasteiger partial charge in [-0.2, -0.15) is 0 Å². The number of sulfonamides is 1. The summed E-state index contributed by atoms with van der Waals surface area (Å²) < 4.78 is 35.6.